The Kier molecular flexibility index (Phi) is 3.71. The van der Waals surface area contributed by atoms with Crippen LogP contribution in [-0.2, 0) is 24.3 Å². The molecule has 0 radical (unpaired) electrons. The van der Waals surface area contributed by atoms with E-state index in [1.165, 1.54) is 17.5 Å². The molecule has 1 aromatic carbocycles. The maximum absolute atomic E-state index is 12.3. The minimum atomic E-state index is 0.164. The van der Waals surface area contributed by atoms with Crippen molar-refractivity contribution in [2.45, 2.75) is 32.4 Å². The van der Waals surface area contributed by atoms with Crippen molar-refractivity contribution in [3.05, 3.63) is 41.7 Å². The number of carbonyl (C=O) groups excluding carboxylic acids is 1. The number of fused-ring (bicyclic) bond motifs is 1. The fourth-order valence-electron chi connectivity index (χ4n) is 2.56. The summed E-state index contributed by atoms with van der Waals surface area (Å²) in [6.45, 7) is 2.07. The van der Waals surface area contributed by atoms with E-state index in [0.29, 0.717) is 19.5 Å². The van der Waals surface area contributed by atoms with Gasteiger partial charge < -0.3 is 4.90 Å². The highest BCUT2D eigenvalue weighted by atomic mass is 16.2. The highest BCUT2D eigenvalue weighted by molar-refractivity contribution is 5.76. The normalized spacial score (nSPS) is 14.7. The van der Waals surface area contributed by atoms with Crippen LogP contribution in [0.5, 0.6) is 0 Å². The molecule has 0 atom stereocenters. The summed E-state index contributed by atoms with van der Waals surface area (Å²) in [4.78, 5) is 14.2. The van der Waals surface area contributed by atoms with Crippen molar-refractivity contribution >= 4 is 5.91 Å². The first kappa shape index (κ1) is 12.8. The second-order valence-electron chi connectivity index (χ2n) is 5.01. The molecule has 6 nitrogen and oxygen atoms in total. The second kappa shape index (κ2) is 5.81. The topological polar surface area (TPSA) is 63.9 Å². The largest absolute Gasteiger partial charge is 0.338 e. The maximum Gasteiger partial charge on any atom is 0.224 e. The molecular formula is C14H17N5O. The molecule has 2 heterocycles. The van der Waals surface area contributed by atoms with E-state index in [2.05, 4.69) is 33.7 Å². The van der Waals surface area contributed by atoms with E-state index in [1.807, 2.05) is 11.0 Å². The molecule has 0 spiro atoms. The average Bonchev–Trinajstić information content (AvgIpc) is 2.89. The van der Waals surface area contributed by atoms with Gasteiger partial charge in [0, 0.05) is 19.5 Å². The molecule has 3 rings (SSSR count). The number of hydrogen-bond acceptors (Lipinski definition) is 4. The van der Waals surface area contributed by atoms with Crippen LogP contribution in [0, 0.1) is 0 Å². The number of nitrogens with zero attached hydrogens (tertiary/aromatic N) is 5. The van der Waals surface area contributed by atoms with Crippen LogP contribution in [0.3, 0.4) is 0 Å². The molecule has 6 heteroatoms. The van der Waals surface area contributed by atoms with Gasteiger partial charge in [0.15, 0.2) is 0 Å². The number of carbonyl (C=O) groups is 1. The number of benzene rings is 1. The highest BCUT2D eigenvalue weighted by Crippen LogP contribution is 2.18. The van der Waals surface area contributed by atoms with Crippen LogP contribution >= 0.6 is 0 Å². The third kappa shape index (κ3) is 2.84. The van der Waals surface area contributed by atoms with Crippen LogP contribution in [0.15, 0.2) is 30.6 Å². The molecule has 0 bridgehead atoms. The molecule has 0 N–H and O–H groups in total. The Morgan fingerprint density at radius 2 is 2.10 bits per heavy atom. The quantitative estimate of drug-likeness (QED) is 0.836. The van der Waals surface area contributed by atoms with Gasteiger partial charge in [0.1, 0.15) is 6.33 Å². The molecule has 2 aromatic rings. The molecule has 0 saturated carbocycles. The average molecular weight is 271 g/mol. The van der Waals surface area contributed by atoms with Gasteiger partial charge in [0.2, 0.25) is 5.91 Å². The minimum Gasteiger partial charge on any atom is -0.338 e. The fourth-order valence-corrected chi connectivity index (χ4v) is 2.56. The molecule has 104 valence electrons. The van der Waals surface area contributed by atoms with Gasteiger partial charge in [-0.15, -0.1) is 5.10 Å². The molecule has 20 heavy (non-hydrogen) atoms. The van der Waals surface area contributed by atoms with Gasteiger partial charge in [0.25, 0.3) is 0 Å². The van der Waals surface area contributed by atoms with Crippen LogP contribution in [0.1, 0.15) is 24.0 Å². The van der Waals surface area contributed by atoms with Crippen LogP contribution in [-0.4, -0.2) is 37.6 Å². The Labute approximate surface area is 117 Å². The molecule has 0 saturated heterocycles. The summed E-state index contributed by atoms with van der Waals surface area (Å²) >= 11 is 0. The van der Waals surface area contributed by atoms with E-state index >= 15 is 0 Å². The highest BCUT2D eigenvalue weighted by Gasteiger charge is 2.18. The number of amides is 1. The van der Waals surface area contributed by atoms with Crippen LogP contribution < -0.4 is 0 Å². The van der Waals surface area contributed by atoms with Crippen LogP contribution in [0.2, 0.25) is 0 Å². The molecule has 1 aliphatic heterocycles. The zero-order chi connectivity index (χ0) is 13.8. The number of tetrazole rings is 1. The Bertz CT molecular complexity index is 581. The summed E-state index contributed by atoms with van der Waals surface area (Å²) in [5.41, 5.74) is 2.63. The standard InChI is InChI=1S/C14H17N5O/c20-14(7-9-19-11-15-16-17-19)18-8-3-6-12-4-1-2-5-13(12)10-18/h1-2,4-5,11H,3,6-10H2. The van der Waals surface area contributed by atoms with Crippen molar-refractivity contribution < 1.29 is 4.79 Å². The van der Waals surface area contributed by atoms with E-state index in [0.717, 1.165) is 19.4 Å². The lowest BCUT2D eigenvalue weighted by atomic mass is 10.0. The van der Waals surface area contributed by atoms with Crippen molar-refractivity contribution in [1.29, 1.82) is 0 Å². The summed E-state index contributed by atoms with van der Waals surface area (Å²) in [5, 5.41) is 10.9. The summed E-state index contributed by atoms with van der Waals surface area (Å²) in [5.74, 6) is 0.164. The number of aromatic nitrogens is 4. The first-order valence-electron chi connectivity index (χ1n) is 6.88. The Morgan fingerprint density at radius 3 is 2.90 bits per heavy atom. The van der Waals surface area contributed by atoms with Gasteiger partial charge >= 0.3 is 0 Å². The van der Waals surface area contributed by atoms with Crippen molar-refractivity contribution in [3.63, 3.8) is 0 Å². The lowest BCUT2D eigenvalue weighted by Gasteiger charge is -2.20. The van der Waals surface area contributed by atoms with E-state index in [9.17, 15) is 4.79 Å². The zero-order valence-electron chi connectivity index (χ0n) is 11.3. The fraction of sp³-hybridized carbons (Fsp3) is 0.429. The van der Waals surface area contributed by atoms with Crippen molar-refractivity contribution in [2.75, 3.05) is 6.54 Å². The first-order chi connectivity index (χ1) is 9.83. The summed E-state index contributed by atoms with van der Waals surface area (Å²) in [7, 11) is 0. The van der Waals surface area contributed by atoms with Crippen molar-refractivity contribution in [3.8, 4) is 0 Å². The molecule has 1 aliphatic rings. The van der Waals surface area contributed by atoms with Gasteiger partial charge in [-0.1, -0.05) is 24.3 Å². The van der Waals surface area contributed by atoms with E-state index in [4.69, 9.17) is 0 Å². The third-order valence-electron chi connectivity index (χ3n) is 3.65. The zero-order valence-corrected chi connectivity index (χ0v) is 11.3. The summed E-state index contributed by atoms with van der Waals surface area (Å²) < 4.78 is 1.59. The van der Waals surface area contributed by atoms with Gasteiger partial charge in [-0.3, -0.25) is 4.79 Å². The third-order valence-corrected chi connectivity index (χ3v) is 3.65. The Balaban J connectivity index is 1.63. The molecule has 1 aromatic heterocycles. The Hall–Kier alpha value is -2.24. The number of hydrogen-bond donors (Lipinski definition) is 0. The smallest absolute Gasteiger partial charge is 0.224 e. The number of aryl methyl sites for hydroxylation is 2. The molecule has 1 amide bonds. The lowest BCUT2D eigenvalue weighted by molar-refractivity contribution is -0.132. The van der Waals surface area contributed by atoms with Crippen LogP contribution in [0.25, 0.3) is 0 Å². The summed E-state index contributed by atoms with van der Waals surface area (Å²) in [6.07, 6.45) is 4.04. The van der Waals surface area contributed by atoms with Crippen molar-refractivity contribution in [2.24, 2.45) is 0 Å². The minimum absolute atomic E-state index is 0.164. The van der Waals surface area contributed by atoms with E-state index in [-0.39, 0.29) is 5.91 Å². The predicted octanol–water partition coefficient (Wildman–Crippen LogP) is 1.04. The maximum atomic E-state index is 12.3. The summed E-state index contributed by atoms with van der Waals surface area (Å²) in [6, 6.07) is 8.37. The second-order valence-corrected chi connectivity index (χ2v) is 5.01. The molecule has 0 fully saturated rings. The van der Waals surface area contributed by atoms with Crippen LogP contribution in [0.4, 0.5) is 0 Å². The SMILES string of the molecule is O=C(CCn1cnnn1)N1CCCc2ccccc2C1. The molecule has 0 aliphatic carbocycles. The lowest BCUT2D eigenvalue weighted by Crippen LogP contribution is -2.31. The van der Waals surface area contributed by atoms with Gasteiger partial charge in [0.05, 0.1) is 6.54 Å². The van der Waals surface area contributed by atoms with Gasteiger partial charge in [-0.25, -0.2) is 4.68 Å². The Morgan fingerprint density at radius 1 is 1.25 bits per heavy atom. The predicted molar refractivity (Wildman–Crippen MR) is 72.6 cm³/mol. The van der Waals surface area contributed by atoms with E-state index in [1.54, 1.807) is 4.68 Å². The molecular weight excluding hydrogens is 254 g/mol. The molecule has 0 unspecified atom stereocenters. The van der Waals surface area contributed by atoms with E-state index < -0.39 is 0 Å². The van der Waals surface area contributed by atoms with Gasteiger partial charge in [-0.2, -0.15) is 0 Å². The first-order valence-corrected chi connectivity index (χ1v) is 6.88. The van der Waals surface area contributed by atoms with Gasteiger partial charge in [-0.05, 0) is 34.4 Å². The van der Waals surface area contributed by atoms with Crippen molar-refractivity contribution in [1.82, 2.24) is 25.1 Å². The number of rotatable bonds is 3. The monoisotopic (exact) mass is 271 g/mol.